The number of aromatic carboxylic acids is 1. The molecule has 0 saturated carbocycles. The SMILES string of the molecule is COc1ccc(N2N=C(C)C(N=Nc3cccc(-c4cccc(C(=O)O)c4)c3O)C2=O)cc1. The minimum Gasteiger partial charge on any atom is -0.505 e. The number of benzene rings is 3. The van der Waals surface area contributed by atoms with Gasteiger partial charge in [-0.3, -0.25) is 4.79 Å². The van der Waals surface area contributed by atoms with Gasteiger partial charge in [0.25, 0.3) is 5.91 Å². The van der Waals surface area contributed by atoms with E-state index in [1.165, 1.54) is 17.1 Å². The van der Waals surface area contributed by atoms with Crippen LogP contribution in [-0.4, -0.2) is 41.0 Å². The van der Waals surface area contributed by atoms with Gasteiger partial charge in [0.1, 0.15) is 11.4 Å². The van der Waals surface area contributed by atoms with Crippen LogP contribution in [0.5, 0.6) is 11.5 Å². The summed E-state index contributed by atoms with van der Waals surface area (Å²) in [7, 11) is 1.56. The highest BCUT2D eigenvalue weighted by Crippen LogP contribution is 2.38. The van der Waals surface area contributed by atoms with Gasteiger partial charge in [0.05, 0.1) is 24.1 Å². The van der Waals surface area contributed by atoms with Crippen LogP contribution in [0.25, 0.3) is 11.1 Å². The second-order valence-corrected chi connectivity index (χ2v) is 7.27. The van der Waals surface area contributed by atoms with Crippen LogP contribution in [0.2, 0.25) is 0 Å². The fraction of sp³-hybridized carbons (Fsp3) is 0.125. The highest BCUT2D eigenvalue weighted by atomic mass is 16.5. The third-order valence-electron chi connectivity index (χ3n) is 5.13. The first-order valence-corrected chi connectivity index (χ1v) is 9.98. The number of rotatable bonds is 6. The summed E-state index contributed by atoms with van der Waals surface area (Å²) < 4.78 is 5.13. The Morgan fingerprint density at radius 2 is 1.82 bits per heavy atom. The molecule has 1 atom stereocenters. The number of amides is 1. The van der Waals surface area contributed by atoms with Crippen LogP contribution in [0.15, 0.2) is 82.1 Å². The number of aromatic hydroxyl groups is 1. The smallest absolute Gasteiger partial charge is 0.335 e. The van der Waals surface area contributed by atoms with E-state index in [4.69, 9.17) is 4.74 Å². The monoisotopic (exact) mass is 444 g/mol. The number of nitrogens with zero attached hydrogens (tertiary/aromatic N) is 4. The standard InChI is InChI=1S/C24H20N4O5/c1-14-21(23(30)28(27-14)17-9-11-18(33-2)12-10-17)26-25-20-8-4-7-19(22(20)29)15-5-3-6-16(13-15)24(31)32/h3-13,21,29H,1-2H3,(H,31,32). The van der Waals surface area contributed by atoms with E-state index < -0.39 is 12.0 Å². The number of carbonyl (C=O) groups excluding carboxylic acids is 1. The van der Waals surface area contributed by atoms with Gasteiger partial charge in [0, 0.05) is 5.56 Å². The molecule has 0 bridgehead atoms. The Morgan fingerprint density at radius 1 is 1.09 bits per heavy atom. The van der Waals surface area contributed by atoms with Crippen molar-refractivity contribution in [3.63, 3.8) is 0 Å². The third kappa shape index (κ3) is 4.29. The Bertz CT molecular complexity index is 1280. The van der Waals surface area contributed by atoms with Crippen LogP contribution >= 0.6 is 0 Å². The van der Waals surface area contributed by atoms with E-state index >= 15 is 0 Å². The number of hydrazone groups is 1. The summed E-state index contributed by atoms with van der Waals surface area (Å²) in [6.07, 6.45) is 0. The molecule has 33 heavy (non-hydrogen) atoms. The van der Waals surface area contributed by atoms with E-state index in [0.29, 0.717) is 28.3 Å². The van der Waals surface area contributed by atoms with Gasteiger partial charge in [-0.25, -0.2) is 4.79 Å². The molecule has 1 unspecified atom stereocenters. The number of phenols is 1. The van der Waals surface area contributed by atoms with Crippen LogP contribution in [-0.2, 0) is 4.79 Å². The average molecular weight is 444 g/mol. The molecule has 0 aliphatic carbocycles. The highest BCUT2D eigenvalue weighted by Gasteiger charge is 2.34. The average Bonchev–Trinajstić information content (AvgIpc) is 3.11. The fourth-order valence-corrected chi connectivity index (χ4v) is 3.38. The Kier molecular flexibility index (Phi) is 5.86. The number of carbonyl (C=O) groups is 2. The zero-order valence-electron chi connectivity index (χ0n) is 17.8. The quantitative estimate of drug-likeness (QED) is 0.536. The Hall–Kier alpha value is -4.53. The summed E-state index contributed by atoms with van der Waals surface area (Å²) in [6, 6.07) is 17.0. The van der Waals surface area contributed by atoms with Crippen LogP contribution in [0.3, 0.4) is 0 Å². The first-order valence-electron chi connectivity index (χ1n) is 9.98. The first kappa shape index (κ1) is 21.7. The Balaban J connectivity index is 1.59. The van der Waals surface area contributed by atoms with Gasteiger partial charge in [0.2, 0.25) is 0 Å². The molecule has 1 aliphatic rings. The maximum Gasteiger partial charge on any atom is 0.335 e. The van der Waals surface area contributed by atoms with Gasteiger partial charge in [0.15, 0.2) is 11.8 Å². The molecule has 0 saturated heterocycles. The second-order valence-electron chi connectivity index (χ2n) is 7.27. The van der Waals surface area contributed by atoms with E-state index in [0.717, 1.165) is 0 Å². The number of anilines is 1. The van der Waals surface area contributed by atoms with Crippen LogP contribution in [0.4, 0.5) is 11.4 Å². The molecule has 4 rings (SSSR count). The number of carboxylic acids is 1. The molecule has 0 radical (unpaired) electrons. The third-order valence-corrected chi connectivity index (χ3v) is 5.13. The molecular weight excluding hydrogens is 424 g/mol. The van der Waals surface area contributed by atoms with E-state index in [9.17, 15) is 19.8 Å². The van der Waals surface area contributed by atoms with Crippen molar-refractivity contribution in [3.8, 4) is 22.6 Å². The lowest BCUT2D eigenvalue weighted by atomic mass is 10.0. The van der Waals surface area contributed by atoms with Crippen molar-refractivity contribution in [2.24, 2.45) is 15.3 Å². The fourth-order valence-electron chi connectivity index (χ4n) is 3.38. The molecule has 3 aromatic carbocycles. The minimum atomic E-state index is -1.07. The van der Waals surface area contributed by atoms with Crippen molar-refractivity contribution in [1.82, 2.24) is 0 Å². The molecule has 0 fully saturated rings. The second kappa shape index (κ2) is 8.91. The lowest BCUT2D eigenvalue weighted by Crippen LogP contribution is -2.29. The molecule has 166 valence electrons. The molecule has 3 aromatic rings. The predicted octanol–water partition coefficient (Wildman–Crippen LogP) is 4.64. The van der Waals surface area contributed by atoms with Crippen molar-refractivity contribution in [3.05, 3.63) is 72.3 Å². The van der Waals surface area contributed by atoms with E-state index in [2.05, 4.69) is 15.3 Å². The summed E-state index contributed by atoms with van der Waals surface area (Å²) in [5, 5.41) is 33.7. The number of hydrogen-bond acceptors (Lipinski definition) is 7. The van der Waals surface area contributed by atoms with Gasteiger partial charge in [-0.1, -0.05) is 24.3 Å². The van der Waals surface area contributed by atoms with Gasteiger partial charge in [-0.05, 0) is 55.0 Å². The number of azo groups is 1. The molecule has 0 spiro atoms. The van der Waals surface area contributed by atoms with Crippen molar-refractivity contribution < 1.29 is 24.5 Å². The molecule has 1 heterocycles. The van der Waals surface area contributed by atoms with E-state index in [1.807, 2.05) is 0 Å². The van der Waals surface area contributed by atoms with Gasteiger partial charge in [-0.2, -0.15) is 20.3 Å². The lowest BCUT2D eigenvalue weighted by molar-refractivity contribution is -0.117. The van der Waals surface area contributed by atoms with Crippen LogP contribution in [0.1, 0.15) is 17.3 Å². The summed E-state index contributed by atoms with van der Waals surface area (Å²) >= 11 is 0. The normalized spacial score (nSPS) is 15.7. The maximum atomic E-state index is 12.9. The number of methoxy groups -OCH3 is 1. The van der Waals surface area contributed by atoms with E-state index in [1.54, 1.807) is 68.6 Å². The number of hydrogen-bond donors (Lipinski definition) is 2. The molecule has 9 heteroatoms. The Morgan fingerprint density at radius 3 is 2.52 bits per heavy atom. The molecular formula is C24H20N4O5. The maximum absolute atomic E-state index is 12.9. The number of para-hydroxylation sites is 1. The predicted molar refractivity (Wildman–Crippen MR) is 122 cm³/mol. The van der Waals surface area contributed by atoms with Crippen LogP contribution < -0.4 is 9.75 Å². The Labute approximate surface area is 189 Å². The van der Waals surface area contributed by atoms with Crippen molar-refractivity contribution >= 4 is 29.0 Å². The van der Waals surface area contributed by atoms with Gasteiger partial charge < -0.3 is 14.9 Å². The largest absolute Gasteiger partial charge is 0.505 e. The number of ether oxygens (including phenoxy) is 1. The summed E-state index contributed by atoms with van der Waals surface area (Å²) in [4.78, 5) is 24.1. The summed E-state index contributed by atoms with van der Waals surface area (Å²) in [5.74, 6) is -0.947. The molecule has 1 amide bonds. The summed E-state index contributed by atoms with van der Waals surface area (Å²) in [5.41, 5.74) is 2.20. The molecule has 9 nitrogen and oxygen atoms in total. The number of phenolic OH excluding ortho intramolecular Hbond substituents is 1. The highest BCUT2D eigenvalue weighted by molar-refractivity contribution is 6.18. The van der Waals surface area contributed by atoms with Crippen molar-refractivity contribution in [2.75, 3.05) is 12.1 Å². The van der Waals surface area contributed by atoms with E-state index in [-0.39, 0.29) is 22.9 Å². The van der Waals surface area contributed by atoms with Gasteiger partial charge >= 0.3 is 5.97 Å². The van der Waals surface area contributed by atoms with Crippen LogP contribution in [0, 0.1) is 0 Å². The van der Waals surface area contributed by atoms with Crippen molar-refractivity contribution in [2.45, 2.75) is 13.0 Å². The number of carboxylic acid groups (broad SMARTS) is 1. The minimum absolute atomic E-state index is 0.0981. The molecule has 0 aromatic heterocycles. The molecule has 1 aliphatic heterocycles. The van der Waals surface area contributed by atoms with Gasteiger partial charge in [-0.15, -0.1) is 0 Å². The topological polar surface area (TPSA) is 124 Å². The summed E-state index contributed by atoms with van der Waals surface area (Å²) in [6.45, 7) is 1.68. The van der Waals surface area contributed by atoms with Crippen molar-refractivity contribution in [1.29, 1.82) is 0 Å². The lowest BCUT2D eigenvalue weighted by Gasteiger charge is -2.13. The zero-order chi connectivity index (χ0) is 23.5. The molecule has 2 N–H and O–H groups in total. The first-order chi connectivity index (χ1) is 15.9. The zero-order valence-corrected chi connectivity index (χ0v) is 17.8.